The predicted molar refractivity (Wildman–Crippen MR) is 82.5 cm³/mol. The van der Waals surface area contributed by atoms with Crippen molar-refractivity contribution < 1.29 is 13.9 Å². The molecule has 0 heterocycles. The standard InChI is InChI=1S/C15H13ClFN3O2/c16-13-5-2-6-14(17)12(13)9-22-11-4-1-3-10(7-11)8-19-20-15(18)21/h1-8H,9H2,(H3,18,20,21)/b19-8+. The fraction of sp³-hybridized carbons (Fsp3) is 0.0667. The number of amides is 2. The van der Waals surface area contributed by atoms with E-state index in [1.165, 1.54) is 18.3 Å². The van der Waals surface area contributed by atoms with E-state index < -0.39 is 11.8 Å². The molecular formula is C15H13ClFN3O2. The number of carbonyl (C=O) groups is 1. The highest BCUT2D eigenvalue weighted by Gasteiger charge is 2.07. The number of hydrazone groups is 1. The van der Waals surface area contributed by atoms with Crippen LogP contribution in [0.2, 0.25) is 5.02 Å². The Labute approximate surface area is 131 Å². The van der Waals surface area contributed by atoms with Gasteiger partial charge in [-0.15, -0.1) is 0 Å². The Kier molecular flexibility index (Phi) is 5.32. The van der Waals surface area contributed by atoms with Crippen molar-refractivity contribution in [2.75, 3.05) is 0 Å². The Morgan fingerprint density at radius 1 is 1.36 bits per heavy atom. The lowest BCUT2D eigenvalue weighted by Crippen LogP contribution is -2.24. The van der Waals surface area contributed by atoms with Gasteiger partial charge in [0.2, 0.25) is 0 Å². The first-order valence-corrected chi connectivity index (χ1v) is 6.68. The van der Waals surface area contributed by atoms with Crippen molar-refractivity contribution in [2.45, 2.75) is 6.61 Å². The minimum Gasteiger partial charge on any atom is -0.489 e. The fourth-order valence-corrected chi connectivity index (χ4v) is 1.90. The molecule has 0 aromatic heterocycles. The van der Waals surface area contributed by atoms with Crippen molar-refractivity contribution in [3.05, 3.63) is 64.4 Å². The summed E-state index contributed by atoms with van der Waals surface area (Å²) in [7, 11) is 0. The van der Waals surface area contributed by atoms with E-state index in [4.69, 9.17) is 22.1 Å². The molecule has 0 saturated carbocycles. The minimum absolute atomic E-state index is 0.00559. The van der Waals surface area contributed by atoms with Crippen LogP contribution >= 0.6 is 11.6 Å². The lowest BCUT2D eigenvalue weighted by atomic mass is 10.2. The van der Waals surface area contributed by atoms with Crippen LogP contribution in [-0.2, 0) is 6.61 Å². The Balaban J connectivity index is 2.04. The smallest absolute Gasteiger partial charge is 0.332 e. The van der Waals surface area contributed by atoms with Crippen molar-refractivity contribution in [1.82, 2.24) is 5.43 Å². The lowest BCUT2D eigenvalue weighted by molar-refractivity contribution is 0.249. The number of hydrogen-bond acceptors (Lipinski definition) is 3. The topological polar surface area (TPSA) is 76.7 Å². The van der Waals surface area contributed by atoms with Gasteiger partial charge in [-0.1, -0.05) is 29.8 Å². The number of halogens is 2. The zero-order valence-corrected chi connectivity index (χ0v) is 12.2. The molecule has 0 bridgehead atoms. The molecule has 7 heteroatoms. The number of hydrogen-bond donors (Lipinski definition) is 2. The van der Waals surface area contributed by atoms with Crippen LogP contribution in [0.1, 0.15) is 11.1 Å². The second-order valence-electron chi connectivity index (χ2n) is 4.30. The summed E-state index contributed by atoms with van der Waals surface area (Å²) in [6.45, 7) is 0.00559. The third-order valence-corrected chi connectivity index (χ3v) is 3.05. The van der Waals surface area contributed by atoms with E-state index in [1.807, 2.05) is 0 Å². The molecule has 3 N–H and O–H groups in total. The van der Waals surface area contributed by atoms with Gasteiger partial charge in [0, 0.05) is 5.56 Å². The Morgan fingerprint density at radius 3 is 2.86 bits per heavy atom. The van der Waals surface area contributed by atoms with Gasteiger partial charge < -0.3 is 10.5 Å². The summed E-state index contributed by atoms with van der Waals surface area (Å²) in [6.07, 6.45) is 1.41. The summed E-state index contributed by atoms with van der Waals surface area (Å²) in [5.74, 6) is 0.0956. The first-order valence-electron chi connectivity index (χ1n) is 6.30. The predicted octanol–water partition coefficient (Wildman–Crippen LogP) is 3.06. The number of primary amides is 1. The van der Waals surface area contributed by atoms with Crippen molar-refractivity contribution in [3.8, 4) is 5.75 Å². The molecule has 0 aliphatic rings. The average molecular weight is 322 g/mol. The first-order chi connectivity index (χ1) is 10.6. The van der Waals surface area contributed by atoms with Gasteiger partial charge in [0.05, 0.1) is 11.2 Å². The molecule has 0 aliphatic heterocycles. The largest absolute Gasteiger partial charge is 0.489 e. The lowest BCUT2D eigenvalue weighted by Gasteiger charge is -2.09. The van der Waals surface area contributed by atoms with E-state index >= 15 is 0 Å². The molecule has 2 aromatic rings. The Hall–Kier alpha value is -2.60. The number of nitrogens with zero attached hydrogens (tertiary/aromatic N) is 1. The van der Waals surface area contributed by atoms with Gasteiger partial charge in [0.15, 0.2) is 0 Å². The second kappa shape index (κ2) is 7.42. The molecule has 0 aliphatic carbocycles. The van der Waals surface area contributed by atoms with Crippen LogP contribution in [0, 0.1) is 5.82 Å². The summed E-state index contributed by atoms with van der Waals surface area (Å²) in [5, 5.41) is 3.95. The van der Waals surface area contributed by atoms with E-state index in [0.29, 0.717) is 21.9 Å². The summed E-state index contributed by atoms with van der Waals surface area (Å²) in [5.41, 5.74) is 7.95. The maximum Gasteiger partial charge on any atom is 0.332 e. The molecule has 114 valence electrons. The van der Waals surface area contributed by atoms with Crippen LogP contribution in [0.3, 0.4) is 0 Å². The van der Waals surface area contributed by atoms with Gasteiger partial charge in [-0.25, -0.2) is 14.6 Å². The molecule has 0 saturated heterocycles. The number of nitrogens with two attached hydrogens (primary N) is 1. The third-order valence-electron chi connectivity index (χ3n) is 2.69. The van der Waals surface area contributed by atoms with E-state index in [2.05, 4.69) is 10.5 Å². The van der Waals surface area contributed by atoms with Crippen molar-refractivity contribution in [2.24, 2.45) is 10.8 Å². The van der Waals surface area contributed by atoms with Crippen LogP contribution in [-0.4, -0.2) is 12.2 Å². The van der Waals surface area contributed by atoms with Crippen molar-refractivity contribution in [1.29, 1.82) is 0 Å². The molecule has 0 radical (unpaired) electrons. The fourth-order valence-electron chi connectivity index (χ4n) is 1.68. The van der Waals surface area contributed by atoms with E-state index in [1.54, 1.807) is 30.3 Å². The Bertz CT molecular complexity index is 687. The maximum absolute atomic E-state index is 13.6. The average Bonchev–Trinajstić information content (AvgIpc) is 2.47. The zero-order valence-electron chi connectivity index (χ0n) is 11.4. The molecule has 0 fully saturated rings. The molecule has 2 amide bonds. The number of urea groups is 1. The van der Waals surface area contributed by atoms with Gasteiger partial charge in [-0.2, -0.15) is 5.10 Å². The molecule has 2 rings (SSSR count). The van der Waals surface area contributed by atoms with E-state index in [-0.39, 0.29) is 6.61 Å². The molecule has 0 spiro atoms. The molecule has 0 atom stereocenters. The normalized spacial score (nSPS) is 10.6. The zero-order chi connectivity index (χ0) is 15.9. The van der Waals surface area contributed by atoms with Gasteiger partial charge in [0.25, 0.3) is 0 Å². The van der Waals surface area contributed by atoms with Gasteiger partial charge in [0.1, 0.15) is 18.2 Å². The van der Waals surface area contributed by atoms with Crippen LogP contribution in [0.15, 0.2) is 47.6 Å². The molecule has 5 nitrogen and oxygen atoms in total. The number of nitrogens with one attached hydrogen (secondary N) is 1. The Morgan fingerprint density at radius 2 is 2.14 bits per heavy atom. The summed E-state index contributed by atoms with van der Waals surface area (Å²) < 4.78 is 19.2. The number of carbonyl (C=O) groups excluding carboxylic acids is 1. The quantitative estimate of drug-likeness (QED) is 0.656. The molecule has 0 unspecified atom stereocenters. The van der Waals surface area contributed by atoms with Crippen LogP contribution in [0.4, 0.5) is 9.18 Å². The molecule has 22 heavy (non-hydrogen) atoms. The van der Waals surface area contributed by atoms with Gasteiger partial charge in [-0.3, -0.25) is 0 Å². The molecule has 2 aromatic carbocycles. The van der Waals surface area contributed by atoms with Gasteiger partial charge in [-0.05, 0) is 29.8 Å². The third kappa shape index (κ3) is 4.46. The van der Waals surface area contributed by atoms with Crippen LogP contribution in [0.5, 0.6) is 5.75 Å². The monoisotopic (exact) mass is 321 g/mol. The van der Waals surface area contributed by atoms with E-state index in [0.717, 1.165) is 0 Å². The number of ether oxygens (including phenoxy) is 1. The van der Waals surface area contributed by atoms with Crippen LogP contribution < -0.4 is 15.9 Å². The number of benzene rings is 2. The van der Waals surface area contributed by atoms with E-state index in [9.17, 15) is 9.18 Å². The summed E-state index contributed by atoms with van der Waals surface area (Å²) in [4.78, 5) is 10.5. The number of rotatable bonds is 5. The molecular weight excluding hydrogens is 309 g/mol. The summed E-state index contributed by atoms with van der Waals surface area (Å²) >= 11 is 5.93. The SMILES string of the molecule is NC(=O)N/N=C/c1cccc(OCc2c(F)cccc2Cl)c1. The summed E-state index contributed by atoms with van der Waals surface area (Å²) in [6, 6.07) is 10.6. The minimum atomic E-state index is -0.752. The highest BCUT2D eigenvalue weighted by Crippen LogP contribution is 2.21. The highest BCUT2D eigenvalue weighted by molar-refractivity contribution is 6.31. The highest BCUT2D eigenvalue weighted by atomic mass is 35.5. The van der Waals surface area contributed by atoms with Gasteiger partial charge >= 0.3 is 6.03 Å². The van der Waals surface area contributed by atoms with Crippen LogP contribution in [0.25, 0.3) is 0 Å². The van der Waals surface area contributed by atoms with Crippen molar-refractivity contribution >= 4 is 23.8 Å². The van der Waals surface area contributed by atoms with Crippen molar-refractivity contribution in [3.63, 3.8) is 0 Å². The second-order valence-corrected chi connectivity index (χ2v) is 4.70. The maximum atomic E-state index is 13.6. The first kappa shape index (κ1) is 15.8.